The lowest BCUT2D eigenvalue weighted by Gasteiger charge is -2.02. The summed E-state index contributed by atoms with van der Waals surface area (Å²) in [4.78, 5) is 5.31. The van der Waals surface area contributed by atoms with Gasteiger partial charge in [0.2, 0.25) is 10.7 Å². The van der Waals surface area contributed by atoms with Crippen molar-refractivity contribution in [3.63, 3.8) is 0 Å². The van der Waals surface area contributed by atoms with Crippen LogP contribution in [0.3, 0.4) is 0 Å². The van der Waals surface area contributed by atoms with E-state index < -0.39 is 0 Å². The molecule has 1 heterocycles. The molecule has 0 amide bonds. The molecule has 0 aliphatic heterocycles. The highest BCUT2D eigenvalue weighted by Crippen LogP contribution is 2.09. The lowest BCUT2D eigenvalue weighted by Crippen LogP contribution is -2.15. The molecule has 0 atom stereocenters. The number of nitrogens with zero attached hydrogens (tertiary/aromatic N) is 3. The molecule has 0 saturated carbocycles. The van der Waals surface area contributed by atoms with E-state index in [-0.39, 0.29) is 0 Å². The first-order valence-corrected chi connectivity index (χ1v) is 6.00. The van der Waals surface area contributed by atoms with E-state index in [9.17, 15) is 0 Å². The van der Waals surface area contributed by atoms with Crippen molar-refractivity contribution in [2.45, 2.75) is 13.3 Å². The maximum Gasteiger partial charge on any atom is 0.218 e. The van der Waals surface area contributed by atoms with Crippen molar-refractivity contribution >= 4 is 17.5 Å². The average molecular weight is 234 g/mol. The van der Waals surface area contributed by atoms with E-state index in [1.807, 2.05) is 34.9 Å². The van der Waals surface area contributed by atoms with Gasteiger partial charge in [-0.2, -0.15) is 4.37 Å². The summed E-state index contributed by atoms with van der Waals surface area (Å²) in [5.41, 5.74) is 6.85. The van der Waals surface area contributed by atoms with Crippen LogP contribution in [-0.2, 0) is 0 Å². The molecule has 5 heteroatoms. The Kier molecular flexibility index (Phi) is 3.36. The van der Waals surface area contributed by atoms with Gasteiger partial charge in [0, 0.05) is 18.1 Å². The van der Waals surface area contributed by atoms with Gasteiger partial charge in [-0.15, -0.1) is 0 Å². The number of nitrogen functional groups attached to an aromatic ring is 1. The lowest BCUT2D eigenvalue weighted by atomic mass is 10.3. The highest BCUT2D eigenvalue weighted by Gasteiger charge is 2.04. The summed E-state index contributed by atoms with van der Waals surface area (Å²) in [7, 11) is 0. The fourth-order valence-corrected chi connectivity index (χ4v) is 2.08. The summed E-state index contributed by atoms with van der Waals surface area (Å²) in [6.07, 6.45) is 1.02. The van der Waals surface area contributed by atoms with Gasteiger partial charge < -0.3 is 5.73 Å². The maximum atomic E-state index is 5.85. The molecule has 0 aliphatic carbocycles. The average Bonchev–Trinajstić information content (AvgIpc) is 2.69. The van der Waals surface area contributed by atoms with Gasteiger partial charge in [0.15, 0.2) is 0 Å². The van der Waals surface area contributed by atoms with E-state index in [4.69, 9.17) is 5.73 Å². The fraction of sp³-hybridized carbons (Fsp3) is 0.273. The Bertz CT molecular complexity index is 512. The Balaban J connectivity index is 2.52. The Hall–Kier alpha value is -1.62. The molecular weight excluding hydrogens is 220 g/mol. The zero-order valence-corrected chi connectivity index (χ0v) is 9.94. The first kappa shape index (κ1) is 10.9. The number of nitrogens with two attached hydrogens (primary N) is 1. The first-order valence-electron chi connectivity index (χ1n) is 5.23. The van der Waals surface area contributed by atoms with Crippen LogP contribution in [0.5, 0.6) is 0 Å². The SMILES string of the molecule is CCCN=c1snc(N)n1-c1ccccc1. The van der Waals surface area contributed by atoms with Crippen molar-refractivity contribution in [2.24, 2.45) is 4.99 Å². The summed E-state index contributed by atoms with van der Waals surface area (Å²) >= 11 is 1.33. The predicted octanol–water partition coefficient (Wildman–Crippen LogP) is 1.83. The first-order chi connectivity index (χ1) is 7.83. The Morgan fingerprint density at radius 3 is 2.81 bits per heavy atom. The van der Waals surface area contributed by atoms with Crippen LogP contribution >= 0.6 is 11.5 Å². The van der Waals surface area contributed by atoms with Gasteiger partial charge in [-0.3, -0.25) is 9.56 Å². The topological polar surface area (TPSA) is 56.2 Å². The van der Waals surface area contributed by atoms with E-state index in [2.05, 4.69) is 16.3 Å². The number of anilines is 1. The van der Waals surface area contributed by atoms with E-state index in [1.54, 1.807) is 0 Å². The normalized spacial score (nSPS) is 11.9. The van der Waals surface area contributed by atoms with Crippen LogP contribution in [-0.4, -0.2) is 15.5 Å². The third-order valence-electron chi connectivity index (χ3n) is 2.13. The summed E-state index contributed by atoms with van der Waals surface area (Å²) in [5.74, 6) is 0.492. The van der Waals surface area contributed by atoms with Gasteiger partial charge in [0.1, 0.15) is 0 Å². The van der Waals surface area contributed by atoms with E-state index in [1.165, 1.54) is 11.5 Å². The molecule has 2 aromatic rings. The van der Waals surface area contributed by atoms with Gasteiger partial charge in [0.05, 0.1) is 5.69 Å². The van der Waals surface area contributed by atoms with Gasteiger partial charge in [-0.1, -0.05) is 25.1 Å². The fourth-order valence-electron chi connectivity index (χ4n) is 1.39. The molecule has 16 heavy (non-hydrogen) atoms. The highest BCUT2D eigenvalue weighted by molar-refractivity contribution is 7.03. The predicted molar refractivity (Wildman–Crippen MR) is 66.6 cm³/mol. The molecule has 1 aromatic carbocycles. The second-order valence-electron chi connectivity index (χ2n) is 3.38. The Morgan fingerprint density at radius 2 is 2.12 bits per heavy atom. The van der Waals surface area contributed by atoms with Crippen LogP contribution in [0.1, 0.15) is 13.3 Å². The van der Waals surface area contributed by atoms with Crippen molar-refractivity contribution in [3.05, 3.63) is 35.1 Å². The molecule has 4 nitrogen and oxygen atoms in total. The minimum absolute atomic E-state index is 0.492. The lowest BCUT2D eigenvalue weighted by molar-refractivity contribution is 0.871. The minimum Gasteiger partial charge on any atom is -0.368 e. The molecule has 2 N–H and O–H groups in total. The third-order valence-corrected chi connectivity index (χ3v) is 2.88. The van der Waals surface area contributed by atoms with Gasteiger partial charge in [0.25, 0.3) is 0 Å². The van der Waals surface area contributed by atoms with Crippen molar-refractivity contribution in [1.29, 1.82) is 0 Å². The maximum absolute atomic E-state index is 5.85. The summed E-state index contributed by atoms with van der Waals surface area (Å²) in [6, 6.07) is 9.92. The molecular formula is C11H14N4S. The van der Waals surface area contributed by atoms with Crippen LogP contribution in [0.2, 0.25) is 0 Å². The van der Waals surface area contributed by atoms with Crippen molar-refractivity contribution in [2.75, 3.05) is 12.3 Å². The number of hydrogen-bond acceptors (Lipinski definition) is 4. The molecule has 0 spiro atoms. The van der Waals surface area contributed by atoms with Gasteiger partial charge in [-0.25, -0.2) is 0 Å². The van der Waals surface area contributed by atoms with Gasteiger partial charge >= 0.3 is 0 Å². The molecule has 0 bridgehead atoms. The number of aromatic nitrogens is 2. The summed E-state index contributed by atoms with van der Waals surface area (Å²) < 4.78 is 6.01. The monoisotopic (exact) mass is 234 g/mol. The van der Waals surface area contributed by atoms with Crippen LogP contribution in [0.15, 0.2) is 35.3 Å². The smallest absolute Gasteiger partial charge is 0.218 e. The van der Waals surface area contributed by atoms with Crippen LogP contribution in [0, 0.1) is 0 Å². The largest absolute Gasteiger partial charge is 0.368 e. The second-order valence-corrected chi connectivity index (χ2v) is 4.11. The second kappa shape index (κ2) is 4.94. The molecule has 0 aliphatic rings. The minimum atomic E-state index is 0.492. The molecule has 0 radical (unpaired) electrons. The quantitative estimate of drug-likeness (QED) is 0.880. The molecule has 1 aromatic heterocycles. The third kappa shape index (κ3) is 2.14. The highest BCUT2D eigenvalue weighted by atomic mass is 32.1. The number of para-hydroxylation sites is 1. The van der Waals surface area contributed by atoms with Crippen LogP contribution in [0.4, 0.5) is 5.95 Å². The molecule has 84 valence electrons. The van der Waals surface area contributed by atoms with Crippen molar-refractivity contribution in [3.8, 4) is 5.69 Å². The van der Waals surface area contributed by atoms with Crippen molar-refractivity contribution < 1.29 is 0 Å². The van der Waals surface area contributed by atoms with Crippen molar-refractivity contribution in [1.82, 2.24) is 8.94 Å². The molecule has 0 fully saturated rings. The van der Waals surface area contributed by atoms with E-state index in [0.717, 1.165) is 23.5 Å². The van der Waals surface area contributed by atoms with E-state index in [0.29, 0.717) is 5.95 Å². The number of benzene rings is 1. The zero-order valence-electron chi connectivity index (χ0n) is 9.13. The van der Waals surface area contributed by atoms with Crippen LogP contribution in [0.25, 0.3) is 5.69 Å². The molecule has 2 rings (SSSR count). The Labute approximate surface area is 98.2 Å². The molecule has 0 unspecified atom stereocenters. The zero-order chi connectivity index (χ0) is 11.4. The van der Waals surface area contributed by atoms with E-state index >= 15 is 0 Å². The standard InChI is InChI=1S/C11H14N4S/c1-2-8-13-11-15(10(12)14-16-11)9-6-4-3-5-7-9/h3-7H,2,8H2,1H3,(H2,12,14). The number of rotatable bonds is 3. The van der Waals surface area contributed by atoms with Crippen LogP contribution < -0.4 is 10.5 Å². The van der Waals surface area contributed by atoms with Gasteiger partial charge in [-0.05, 0) is 18.6 Å². The number of hydrogen-bond donors (Lipinski definition) is 1. The molecule has 0 saturated heterocycles. The summed E-state index contributed by atoms with van der Waals surface area (Å²) in [5, 5.41) is 0. The Morgan fingerprint density at radius 1 is 1.38 bits per heavy atom. The summed E-state index contributed by atoms with van der Waals surface area (Å²) in [6.45, 7) is 2.90.